The summed E-state index contributed by atoms with van der Waals surface area (Å²) in [7, 11) is 0. The largest absolute Gasteiger partial charge is 0.481 e. The number of carboxylic acid groups (broad SMARTS) is 2. The van der Waals surface area contributed by atoms with Crippen molar-refractivity contribution in [2.24, 2.45) is 0 Å². The molecule has 0 unspecified atom stereocenters. The average Bonchev–Trinajstić information content (AvgIpc) is 3.62. The Balaban J connectivity index is 1.99. The van der Waals surface area contributed by atoms with Crippen molar-refractivity contribution in [1.29, 1.82) is 0 Å². The number of H-pyrrole nitrogens is 1. The van der Waals surface area contributed by atoms with Gasteiger partial charge in [-0.05, 0) is 105 Å². The Hall–Kier alpha value is -4.98. The first-order valence-corrected chi connectivity index (χ1v) is 14.8. The summed E-state index contributed by atoms with van der Waals surface area (Å²) in [6.07, 6.45) is 4.28. The van der Waals surface area contributed by atoms with E-state index in [0.29, 0.717) is 24.2 Å². The van der Waals surface area contributed by atoms with Crippen molar-refractivity contribution in [3.05, 3.63) is 82.5 Å². The zero-order valence-corrected chi connectivity index (χ0v) is 26.0. The molecule has 5 rings (SSSR count). The van der Waals surface area contributed by atoms with Crippen molar-refractivity contribution in [3.8, 4) is 0 Å². The molecule has 8 nitrogen and oxygen atoms in total. The lowest BCUT2D eigenvalue weighted by atomic mass is 9.98. The second-order valence-electron chi connectivity index (χ2n) is 11.3. The molecule has 3 aromatic heterocycles. The molecule has 0 radical (unpaired) electrons. The summed E-state index contributed by atoms with van der Waals surface area (Å²) in [6, 6.07) is 8.09. The fourth-order valence-electron chi connectivity index (χ4n) is 6.33. The second-order valence-corrected chi connectivity index (χ2v) is 11.3. The number of hydrogen-bond donors (Lipinski definition) is 3. The van der Waals surface area contributed by atoms with Gasteiger partial charge in [-0.25, -0.2) is 9.97 Å². The number of carboxylic acids is 2. The highest BCUT2D eigenvalue weighted by Crippen LogP contribution is 2.38. The van der Waals surface area contributed by atoms with Gasteiger partial charge < -0.3 is 19.8 Å². The molecule has 2 aliphatic heterocycles. The Morgan fingerprint density at radius 1 is 0.750 bits per heavy atom. The minimum Gasteiger partial charge on any atom is -0.481 e. The Morgan fingerprint density at radius 3 is 1.80 bits per heavy atom. The van der Waals surface area contributed by atoms with Crippen LogP contribution in [0, 0.1) is 13.8 Å². The maximum Gasteiger partial charge on any atom is 0.303 e. The van der Waals surface area contributed by atoms with Crippen LogP contribution in [0.25, 0.3) is 56.5 Å². The van der Waals surface area contributed by atoms with E-state index >= 15 is 0 Å². The van der Waals surface area contributed by atoms with Crippen LogP contribution in [0.1, 0.15) is 91.5 Å². The lowest BCUT2D eigenvalue weighted by Crippen LogP contribution is -1.97. The minimum absolute atomic E-state index is 0.0338. The predicted octanol–water partition coefficient (Wildman–Crippen LogP) is 8.30. The van der Waals surface area contributed by atoms with Gasteiger partial charge in [0.25, 0.3) is 0 Å². The average molecular weight is 591 g/mol. The zero-order chi connectivity index (χ0) is 31.9. The molecule has 2 aliphatic rings. The highest BCUT2D eigenvalue weighted by atomic mass is 16.4. The van der Waals surface area contributed by atoms with E-state index in [1.165, 1.54) is 0 Å². The van der Waals surface area contributed by atoms with Crippen molar-refractivity contribution in [3.63, 3.8) is 0 Å². The van der Waals surface area contributed by atoms with Crippen LogP contribution >= 0.6 is 0 Å². The monoisotopic (exact) mass is 590 g/mol. The number of nitrogens with zero attached hydrogens (tertiary/aromatic N) is 3. The summed E-state index contributed by atoms with van der Waals surface area (Å²) in [5, 5.41) is 19.0. The molecule has 0 atom stereocenters. The third kappa shape index (κ3) is 5.32. The number of aryl methyl sites for hydroxylation is 3. The highest BCUT2D eigenvalue weighted by molar-refractivity contribution is 5.97. The van der Waals surface area contributed by atoms with Gasteiger partial charge >= 0.3 is 11.9 Å². The Bertz CT molecular complexity index is 1980. The van der Waals surface area contributed by atoms with Crippen molar-refractivity contribution in [2.45, 2.75) is 66.8 Å². The Labute approximate surface area is 256 Å². The molecule has 0 saturated heterocycles. The summed E-state index contributed by atoms with van der Waals surface area (Å²) >= 11 is 0. The molecule has 0 fully saturated rings. The van der Waals surface area contributed by atoms with Crippen molar-refractivity contribution in [1.82, 2.24) is 19.5 Å². The van der Waals surface area contributed by atoms with Crippen LogP contribution in [0.4, 0.5) is 0 Å². The second kappa shape index (κ2) is 12.0. The minimum atomic E-state index is -0.886. The van der Waals surface area contributed by atoms with Gasteiger partial charge in [-0.2, -0.15) is 0 Å². The van der Waals surface area contributed by atoms with E-state index in [0.717, 1.165) is 84.5 Å². The van der Waals surface area contributed by atoms with E-state index in [1.54, 1.807) is 0 Å². The molecule has 8 bridgehead atoms. The van der Waals surface area contributed by atoms with Gasteiger partial charge in [0.05, 0.1) is 28.3 Å². The quantitative estimate of drug-likeness (QED) is 0.230. The van der Waals surface area contributed by atoms with E-state index in [2.05, 4.69) is 55.6 Å². The fraction of sp³-hybridized carbons (Fsp3) is 0.278. The summed E-state index contributed by atoms with van der Waals surface area (Å²) in [5.74, 6) is -1.77. The summed E-state index contributed by atoms with van der Waals surface area (Å²) in [4.78, 5) is 36.8. The van der Waals surface area contributed by atoms with Gasteiger partial charge in [0.15, 0.2) is 0 Å². The van der Waals surface area contributed by atoms with Crippen molar-refractivity contribution in [2.75, 3.05) is 0 Å². The molecule has 8 heteroatoms. The molecule has 0 spiro atoms. The first-order chi connectivity index (χ1) is 21.0. The maximum absolute atomic E-state index is 11.6. The van der Waals surface area contributed by atoms with Crippen LogP contribution in [-0.2, 0) is 16.1 Å². The Kier molecular flexibility index (Phi) is 8.28. The molecular formula is C36H38N4O4. The maximum atomic E-state index is 11.6. The lowest BCUT2D eigenvalue weighted by Gasteiger charge is -2.05. The number of fused-ring (bicyclic) bond motifs is 8. The molecular weight excluding hydrogens is 552 g/mol. The van der Waals surface area contributed by atoms with Gasteiger partial charge in [0.1, 0.15) is 0 Å². The fourth-order valence-corrected chi connectivity index (χ4v) is 6.33. The normalized spacial score (nSPS) is 13.0. The third-order valence-electron chi connectivity index (χ3n) is 8.80. The SMILES string of the molecule is C=Cc1c(C)c2cc3c(C=C)c(C)c(cc4nc(cc5nc(cc1[nH]2)C(C)=C5CCC(=O)O)C(CCC(=O)O)=C4C)n3CC. The van der Waals surface area contributed by atoms with E-state index in [-0.39, 0.29) is 12.8 Å². The van der Waals surface area contributed by atoms with Crippen LogP contribution < -0.4 is 0 Å². The number of rotatable bonds is 9. The summed E-state index contributed by atoms with van der Waals surface area (Å²) < 4.78 is 2.25. The van der Waals surface area contributed by atoms with E-state index in [4.69, 9.17) is 9.97 Å². The molecule has 44 heavy (non-hydrogen) atoms. The smallest absolute Gasteiger partial charge is 0.303 e. The third-order valence-corrected chi connectivity index (χ3v) is 8.80. The Morgan fingerprint density at radius 2 is 1.30 bits per heavy atom. The topological polar surface area (TPSA) is 121 Å². The first kappa shape index (κ1) is 30.5. The highest BCUT2D eigenvalue weighted by Gasteiger charge is 2.23. The van der Waals surface area contributed by atoms with E-state index in [9.17, 15) is 19.8 Å². The predicted molar refractivity (Wildman–Crippen MR) is 179 cm³/mol. The molecule has 3 aromatic rings. The van der Waals surface area contributed by atoms with Crippen LogP contribution in [0.15, 0.2) is 37.4 Å². The van der Waals surface area contributed by atoms with Crippen molar-refractivity contribution >= 4 is 68.4 Å². The lowest BCUT2D eigenvalue weighted by molar-refractivity contribution is -0.137. The van der Waals surface area contributed by atoms with Crippen LogP contribution in [0.2, 0.25) is 0 Å². The van der Waals surface area contributed by atoms with Crippen LogP contribution in [0.5, 0.6) is 0 Å². The van der Waals surface area contributed by atoms with Gasteiger partial charge in [-0.15, -0.1) is 0 Å². The van der Waals surface area contributed by atoms with Gasteiger partial charge in [0.2, 0.25) is 0 Å². The van der Waals surface area contributed by atoms with E-state index in [1.807, 2.05) is 38.1 Å². The van der Waals surface area contributed by atoms with Crippen LogP contribution in [-0.4, -0.2) is 41.7 Å². The first-order valence-electron chi connectivity index (χ1n) is 14.8. The molecule has 0 aromatic carbocycles. The number of hydrogen-bond acceptors (Lipinski definition) is 4. The number of carbonyl (C=O) groups is 2. The number of nitrogens with one attached hydrogen (secondary N) is 1. The number of aromatic nitrogens is 4. The number of allylic oxidation sites excluding steroid dienone is 4. The van der Waals surface area contributed by atoms with Crippen LogP contribution in [0.3, 0.4) is 0 Å². The summed E-state index contributed by atoms with van der Waals surface area (Å²) in [6.45, 7) is 19.1. The molecule has 0 aliphatic carbocycles. The van der Waals surface area contributed by atoms with Gasteiger partial charge in [-0.1, -0.05) is 25.3 Å². The molecule has 5 heterocycles. The van der Waals surface area contributed by atoms with Crippen molar-refractivity contribution < 1.29 is 19.8 Å². The molecule has 0 amide bonds. The number of aromatic amines is 1. The molecule has 3 N–H and O–H groups in total. The molecule has 226 valence electrons. The van der Waals surface area contributed by atoms with E-state index < -0.39 is 11.9 Å². The molecule has 0 saturated carbocycles. The number of aliphatic carboxylic acids is 2. The summed E-state index contributed by atoms with van der Waals surface area (Å²) in [5.41, 5.74) is 14.2. The van der Waals surface area contributed by atoms with Gasteiger partial charge in [-0.3, -0.25) is 9.59 Å². The standard InChI is InChI=1S/C36H38N4O4/c1-8-23-19(4)29-18-34-24(9-2)22(7)33(40(34)10-3)17-28-21(6)26(12-14-36(43)44)32(39-28)16-31-25(11-13-35(41)42)20(5)27(37-31)15-30(23)38-29/h8-9,15-18,38H,1-2,10-14H2,3-7H3,(H,41,42)(H,43,44). The van der Waals surface area contributed by atoms with Gasteiger partial charge in [0, 0.05) is 47.1 Å². The zero-order valence-electron chi connectivity index (χ0n) is 26.0.